The van der Waals surface area contributed by atoms with Crippen LogP contribution in [0.25, 0.3) is 0 Å². The zero-order chi connectivity index (χ0) is 18.6. The number of amides is 1. The van der Waals surface area contributed by atoms with E-state index < -0.39 is 5.60 Å². The molecule has 138 valence electrons. The Bertz CT molecular complexity index is 627. The minimum atomic E-state index is -0.518. The van der Waals surface area contributed by atoms with Crippen LogP contribution in [0, 0.1) is 10.1 Å². The monoisotopic (exact) mass is 349 g/mol. The van der Waals surface area contributed by atoms with Crippen LogP contribution in [0.4, 0.5) is 10.5 Å². The highest BCUT2D eigenvalue weighted by Gasteiger charge is 2.32. The van der Waals surface area contributed by atoms with E-state index in [1.807, 2.05) is 27.7 Å². The van der Waals surface area contributed by atoms with Crippen molar-refractivity contribution >= 4 is 11.8 Å². The third kappa shape index (κ3) is 5.16. The van der Waals surface area contributed by atoms with E-state index in [2.05, 4.69) is 5.32 Å². The van der Waals surface area contributed by atoms with Crippen molar-refractivity contribution in [2.45, 2.75) is 58.2 Å². The van der Waals surface area contributed by atoms with Crippen LogP contribution < -0.4 is 5.32 Å². The summed E-state index contributed by atoms with van der Waals surface area (Å²) in [7, 11) is 0. The number of rotatable bonds is 5. The number of nitro groups is 1. The zero-order valence-electron chi connectivity index (χ0n) is 15.3. The van der Waals surface area contributed by atoms with Gasteiger partial charge >= 0.3 is 6.09 Å². The summed E-state index contributed by atoms with van der Waals surface area (Å²) in [5, 5.41) is 14.5. The third-order valence-corrected chi connectivity index (χ3v) is 4.26. The topological polar surface area (TPSA) is 84.7 Å². The first-order valence-corrected chi connectivity index (χ1v) is 8.65. The largest absolute Gasteiger partial charge is 0.444 e. The molecular formula is C18H27N3O4. The van der Waals surface area contributed by atoms with E-state index >= 15 is 0 Å². The van der Waals surface area contributed by atoms with E-state index in [-0.39, 0.29) is 28.8 Å². The second kappa shape index (κ2) is 7.82. The van der Waals surface area contributed by atoms with Gasteiger partial charge in [0, 0.05) is 36.8 Å². The number of hydrogen-bond acceptors (Lipinski definition) is 5. The van der Waals surface area contributed by atoms with Gasteiger partial charge in [0.25, 0.3) is 5.69 Å². The van der Waals surface area contributed by atoms with Crippen molar-refractivity contribution in [3.63, 3.8) is 0 Å². The van der Waals surface area contributed by atoms with Gasteiger partial charge in [-0.1, -0.05) is 18.2 Å². The van der Waals surface area contributed by atoms with Gasteiger partial charge in [0.1, 0.15) is 5.60 Å². The van der Waals surface area contributed by atoms with Crippen molar-refractivity contribution in [1.29, 1.82) is 0 Å². The van der Waals surface area contributed by atoms with Crippen LogP contribution >= 0.6 is 0 Å². The van der Waals surface area contributed by atoms with Crippen LogP contribution in [0.5, 0.6) is 0 Å². The summed E-state index contributed by atoms with van der Waals surface area (Å²) in [6, 6.07) is 6.59. The molecule has 7 heteroatoms. The molecule has 1 fully saturated rings. The molecule has 0 bridgehead atoms. The first-order chi connectivity index (χ1) is 11.7. The molecule has 2 unspecified atom stereocenters. The van der Waals surface area contributed by atoms with Crippen LogP contribution in [-0.2, 0) is 4.74 Å². The van der Waals surface area contributed by atoms with Crippen molar-refractivity contribution < 1.29 is 14.5 Å². The number of carbonyl (C=O) groups excluding carboxylic acids is 1. The van der Waals surface area contributed by atoms with Crippen LogP contribution in [0.1, 0.15) is 52.1 Å². The minimum Gasteiger partial charge on any atom is -0.444 e. The summed E-state index contributed by atoms with van der Waals surface area (Å²) >= 11 is 0. The summed E-state index contributed by atoms with van der Waals surface area (Å²) in [4.78, 5) is 24.9. The average Bonchev–Trinajstić information content (AvgIpc) is 2.99. The highest BCUT2D eigenvalue weighted by molar-refractivity contribution is 5.69. The number of nitrogens with zero attached hydrogens (tertiary/aromatic N) is 2. The first-order valence-electron chi connectivity index (χ1n) is 8.65. The summed E-state index contributed by atoms with van der Waals surface area (Å²) in [5.74, 6) is 0. The number of ether oxygens (including phenoxy) is 1. The molecule has 2 rings (SSSR count). The molecule has 0 aliphatic carbocycles. The van der Waals surface area contributed by atoms with E-state index in [0.717, 1.165) is 12.8 Å². The van der Waals surface area contributed by atoms with Crippen LogP contribution in [0.15, 0.2) is 24.3 Å². The van der Waals surface area contributed by atoms with Gasteiger partial charge in [0.15, 0.2) is 0 Å². The third-order valence-electron chi connectivity index (χ3n) is 4.26. The second-order valence-corrected chi connectivity index (χ2v) is 7.42. The van der Waals surface area contributed by atoms with Crippen molar-refractivity contribution in [2.24, 2.45) is 0 Å². The van der Waals surface area contributed by atoms with Gasteiger partial charge < -0.3 is 15.0 Å². The van der Waals surface area contributed by atoms with Crippen molar-refractivity contribution in [3.05, 3.63) is 39.9 Å². The van der Waals surface area contributed by atoms with Gasteiger partial charge in [-0.15, -0.1) is 0 Å². The van der Waals surface area contributed by atoms with E-state index in [0.29, 0.717) is 18.7 Å². The van der Waals surface area contributed by atoms with E-state index in [4.69, 9.17) is 4.74 Å². The molecule has 7 nitrogen and oxygen atoms in total. The molecule has 0 aromatic heterocycles. The lowest BCUT2D eigenvalue weighted by molar-refractivity contribution is -0.385. The quantitative estimate of drug-likeness (QED) is 0.648. The van der Waals surface area contributed by atoms with Crippen LogP contribution in [0.3, 0.4) is 0 Å². The Hall–Kier alpha value is -2.15. The van der Waals surface area contributed by atoms with E-state index in [1.165, 1.54) is 6.07 Å². The second-order valence-electron chi connectivity index (χ2n) is 7.42. The minimum absolute atomic E-state index is 0.0417. The fourth-order valence-corrected chi connectivity index (χ4v) is 3.05. The highest BCUT2D eigenvalue weighted by Crippen LogP contribution is 2.25. The number of hydrogen-bond donors (Lipinski definition) is 1. The van der Waals surface area contributed by atoms with E-state index in [1.54, 1.807) is 23.1 Å². The Labute approximate surface area is 148 Å². The first kappa shape index (κ1) is 19.2. The smallest absolute Gasteiger partial charge is 0.410 e. The van der Waals surface area contributed by atoms with Crippen molar-refractivity contribution in [3.8, 4) is 0 Å². The summed E-state index contributed by atoms with van der Waals surface area (Å²) in [5.41, 5.74) is 0.238. The number of nitrogens with one attached hydrogen (secondary N) is 1. The zero-order valence-corrected chi connectivity index (χ0v) is 15.3. The molecule has 1 aliphatic rings. The Kier molecular flexibility index (Phi) is 6.00. The molecule has 0 radical (unpaired) electrons. The van der Waals surface area contributed by atoms with Crippen LogP contribution in [-0.4, -0.2) is 40.6 Å². The molecule has 1 aliphatic heterocycles. The molecular weight excluding hydrogens is 322 g/mol. The van der Waals surface area contributed by atoms with Gasteiger partial charge in [0.05, 0.1) is 4.92 Å². The van der Waals surface area contributed by atoms with Crippen molar-refractivity contribution in [1.82, 2.24) is 10.2 Å². The lowest BCUT2D eigenvalue weighted by Gasteiger charge is -2.29. The van der Waals surface area contributed by atoms with Crippen molar-refractivity contribution in [2.75, 3.05) is 13.1 Å². The molecule has 1 saturated heterocycles. The lowest BCUT2D eigenvalue weighted by atomic mass is 10.1. The van der Waals surface area contributed by atoms with Gasteiger partial charge in [0.2, 0.25) is 0 Å². The van der Waals surface area contributed by atoms with Gasteiger partial charge in [-0.2, -0.15) is 0 Å². The molecule has 0 spiro atoms. The molecule has 1 N–H and O–H groups in total. The average molecular weight is 349 g/mol. The van der Waals surface area contributed by atoms with Gasteiger partial charge in [-0.3, -0.25) is 10.1 Å². The maximum absolute atomic E-state index is 12.3. The normalized spacial score (nSPS) is 18.9. The SMILES string of the molecule is CC(NCC1CCCN1C(=O)OC(C)(C)C)c1ccccc1[N+](=O)[O-]. The Morgan fingerprint density at radius 2 is 2.12 bits per heavy atom. The Balaban J connectivity index is 1.98. The van der Waals surface area contributed by atoms with E-state index in [9.17, 15) is 14.9 Å². The van der Waals surface area contributed by atoms with Crippen LogP contribution in [0.2, 0.25) is 0 Å². The molecule has 25 heavy (non-hydrogen) atoms. The Morgan fingerprint density at radius 3 is 2.76 bits per heavy atom. The molecule has 1 amide bonds. The standard InChI is InChI=1S/C18H27N3O4/c1-13(15-9-5-6-10-16(15)21(23)24)19-12-14-8-7-11-20(14)17(22)25-18(2,3)4/h5-6,9-10,13-14,19H,7-8,11-12H2,1-4H3. The number of nitro benzene ring substituents is 1. The fourth-order valence-electron chi connectivity index (χ4n) is 3.05. The number of para-hydroxylation sites is 1. The maximum atomic E-state index is 12.3. The summed E-state index contributed by atoms with van der Waals surface area (Å²) in [6.07, 6.45) is 1.54. The summed E-state index contributed by atoms with van der Waals surface area (Å²) in [6.45, 7) is 8.71. The predicted octanol–water partition coefficient (Wildman–Crippen LogP) is 3.64. The summed E-state index contributed by atoms with van der Waals surface area (Å²) < 4.78 is 5.46. The molecule has 0 saturated carbocycles. The molecule has 1 aromatic rings. The molecule has 1 aromatic carbocycles. The fraction of sp³-hybridized carbons (Fsp3) is 0.611. The predicted molar refractivity (Wildman–Crippen MR) is 95.5 cm³/mol. The maximum Gasteiger partial charge on any atom is 0.410 e. The molecule has 1 heterocycles. The molecule has 2 atom stereocenters. The number of benzene rings is 1. The van der Waals surface area contributed by atoms with Gasteiger partial charge in [-0.05, 0) is 40.5 Å². The number of likely N-dealkylation sites (tertiary alicyclic amines) is 1. The number of carbonyl (C=O) groups is 1. The van der Waals surface area contributed by atoms with Gasteiger partial charge in [-0.25, -0.2) is 4.79 Å². The Morgan fingerprint density at radius 1 is 1.44 bits per heavy atom. The highest BCUT2D eigenvalue weighted by atomic mass is 16.6. The lowest BCUT2D eigenvalue weighted by Crippen LogP contribution is -2.44.